The molecular weight excluding hydrogens is 418 g/mol. The highest BCUT2D eigenvalue weighted by molar-refractivity contribution is 9.10. The van der Waals surface area contributed by atoms with Crippen molar-refractivity contribution in [1.82, 2.24) is 5.32 Å². The number of piperidine rings is 1. The molecule has 136 valence electrons. The molecule has 2 aliphatic rings. The molecular formula is C19H18BrNO4S. The number of nitrogens with one attached hydrogen (secondary N) is 1. The van der Waals surface area contributed by atoms with E-state index in [-0.39, 0.29) is 4.90 Å². The van der Waals surface area contributed by atoms with Gasteiger partial charge in [-0.1, -0.05) is 33.6 Å². The minimum absolute atomic E-state index is 0.162. The molecule has 0 saturated carbocycles. The van der Waals surface area contributed by atoms with Crippen LogP contribution in [0, 0.1) is 6.92 Å². The van der Waals surface area contributed by atoms with Gasteiger partial charge >= 0.3 is 0 Å². The maximum Gasteiger partial charge on any atom is 0.242 e. The van der Waals surface area contributed by atoms with Gasteiger partial charge in [0.25, 0.3) is 0 Å². The predicted octanol–water partition coefficient (Wildman–Crippen LogP) is 3.31. The molecule has 0 radical (unpaired) electrons. The lowest BCUT2D eigenvalue weighted by atomic mass is 9.81. The van der Waals surface area contributed by atoms with Crippen LogP contribution in [-0.2, 0) is 14.6 Å². The van der Waals surface area contributed by atoms with Crippen molar-refractivity contribution in [2.45, 2.75) is 42.1 Å². The molecule has 1 amide bonds. The van der Waals surface area contributed by atoms with E-state index in [2.05, 4.69) is 21.2 Å². The topological polar surface area (TPSA) is 72.5 Å². The number of carbonyl (C=O) groups excluding carboxylic acids is 1. The number of halogens is 1. The molecule has 3 unspecified atom stereocenters. The minimum atomic E-state index is -3.84. The van der Waals surface area contributed by atoms with E-state index < -0.39 is 32.6 Å². The second-order valence-corrected chi connectivity index (χ2v) is 10.1. The van der Waals surface area contributed by atoms with E-state index in [1.165, 1.54) is 0 Å². The van der Waals surface area contributed by atoms with Gasteiger partial charge in [0.15, 0.2) is 20.8 Å². The number of benzene rings is 2. The Morgan fingerprint density at radius 3 is 2.58 bits per heavy atom. The summed E-state index contributed by atoms with van der Waals surface area (Å²) < 4.78 is 33.4. The van der Waals surface area contributed by atoms with Gasteiger partial charge in [-0.15, -0.1) is 0 Å². The molecule has 2 aromatic rings. The number of fused-ring (bicyclic) bond motifs is 4. The standard InChI is InChI=1S/C19H18BrNO4S/c1-11-3-6-13(7-4-11)26(23,24)17-15-10-19(2,21-18(17)22)25-16-8-5-12(20)9-14(15)16/h3-9,15,17H,10H2,1-2H3,(H,21,22). The Kier molecular flexibility index (Phi) is 3.93. The Morgan fingerprint density at radius 1 is 1.19 bits per heavy atom. The SMILES string of the molecule is Cc1ccc(S(=O)(=O)C2C(=O)NC3(C)CC2c2cc(Br)ccc2O3)cc1. The van der Waals surface area contributed by atoms with Crippen LogP contribution in [-0.4, -0.2) is 25.3 Å². The van der Waals surface area contributed by atoms with Crippen molar-refractivity contribution in [3.8, 4) is 5.75 Å². The summed E-state index contributed by atoms with van der Waals surface area (Å²) in [5.41, 5.74) is 0.805. The number of ether oxygens (including phenoxy) is 1. The van der Waals surface area contributed by atoms with Crippen molar-refractivity contribution in [3.63, 3.8) is 0 Å². The van der Waals surface area contributed by atoms with Gasteiger partial charge in [0.1, 0.15) is 5.75 Å². The van der Waals surface area contributed by atoms with Crippen molar-refractivity contribution in [2.24, 2.45) is 0 Å². The second-order valence-electron chi connectivity index (χ2n) is 7.09. The number of amides is 1. The molecule has 2 heterocycles. The normalized spacial score (nSPS) is 27.3. The first-order chi connectivity index (χ1) is 12.2. The maximum atomic E-state index is 13.3. The van der Waals surface area contributed by atoms with Crippen LogP contribution < -0.4 is 10.1 Å². The Morgan fingerprint density at radius 2 is 1.88 bits per heavy atom. The summed E-state index contributed by atoms with van der Waals surface area (Å²) in [6.07, 6.45) is 0.401. The molecule has 0 aliphatic carbocycles. The van der Waals surface area contributed by atoms with Crippen LogP contribution in [0.25, 0.3) is 0 Å². The van der Waals surface area contributed by atoms with Gasteiger partial charge in [0.2, 0.25) is 5.91 Å². The molecule has 2 bridgehead atoms. The first kappa shape index (κ1) is 17.5. The predicted molar refractivity (Wildman–Crippen MR) is 101 cm³/mol. The first-order valence-corrected chi connectivity index (χ1v) is 10.6. The van der Waals surface area contributed by atoms with Crippen LogP contribution in [0.2, 0.25) is 0 Å². The van der Waals surface area contributed by atoms with Crippen LogP contribution in [0.1, 0.15) is 30.4 Å². The van der Waals surface area contributed by atoms with Crippen molar-refractivity contribution < 1.29 is 17.9 Å². The number of rotatable bonds is 2. The maximum absolute atomic E-state index is 13.3. The fourth-order valence-electron chi connectivity index (χ4n) is 3.81. The van der Waals surface area contributed by atoms with E-state index in [0.29, 0.717) is 12.2 Å². The Hall–Kier alpha value is -1.86. The van der Waals surface area contributed by atoms with Crippen LogP contribution >= 0.6 is 15.9 Å². The van der Waals surface area contributed by atoms with Crippen LogP contribution in [0.3, 0.4) is 0 Å². The number of aryl methyl sites for hydroxylation is 1. The lowest BCUT2D eigenvalue weighted by Crippen LogP contribution is -2.63. The Balaban J connectivity index is 1.86. The highest BCUT2D eigenvalue weighted by Gasteiger charge is 2.54. The molecule has 2 aliphatic heterocycles. The van der Waals surface area contributed by atoms with E-state index in [4.69, 9.17) is 4.74 Å². The largest absolute Gasteiger partial charge is 0.468 e. The lowest BCUT2D eigenvalue weighted by molar-refractivity contribution is -0.132. The second kappa shape index (κ2) is 5.82. The molecule has 1 fully saturated rings. The van der Waals surface area contributed by atoms with Gasteiger partial charge in [-0.05, 0) is 44.2 Å². The molecule has 5 nitrogen and oxygen atoms in total. The number of hydrogen-bond donors (Lipinski definition) is 1. The van der Waals surface area contributed by atoms with E-state index in [1.807, 2.05) is 19.1 Å². The zero-order valence-electron chi connectivity index (χ0n) is 14.3. The van der Waals surface area contributed by atoms with Crippen molar-refractivity contribution in [2.75, 3.05) is 0 Å². The molecule has 2 aromatic carbocycles. The number of sulfone groups is 1. The molecule has 3 atom stereocenters. The Labute approximate surface area is 160 Å². The van der Waals surface area contributed by atoms with Crippen molar-refractivity contribution >= 4 is 31.7 Å². The van der Waals surface area contributed by atoms with E-state index in [9.17, 15) is 13.2 Å². The lowest BCUT2D eigenvalue weighted by Gasteiger charge is -2.46. The quantitative estimate of drug-likeness (QED) is 0.784. The molecule has 0 aromatic heterocycles. The van der Waals surface area contributed by atoms with Crippen molar-refractivity contribution in [3.05, 3.63) is 58.1 Å². The van der Waals surface area contributed by atoms with Gasteiger partial charge in [-0.25, -0.2) is 8.42 Å². The zero-order valence-corrected chi connectivity index (χ0v) is 16.7. The summed E-state index contributed by atoms with van der Waals surface area (Å²) in [6, 6.07) is 12.1. The van der Waals surface area contributed by atoms with Crippen LogP contribution in [0.4, 0.5) is 0 Å². The number of carbonyl (C=O) groups is 1. The highest BCUT2D eigenvalue weighted by Crippen LogP contribution is 2.47. The summed E-state index contributed by atoms with van der Waals surface area (Å²) in [5, 5.41) is 1.58. The van der Waals surface area contributed by atoms with Gasteiger partial charge in [-0.2, -0.15) is 0 Å². The minimum Gasteiger partial charge on any atom is -0.468 e. The molecule has 1 saturated heterocycles. The molecule has 1 N–H and O–H groups in total. The van der Waals surface area contributed by atoms with Gasteiger partial charge < -0.3 is 10.1 Å². The van der Waals surface area contributed by atoms with E-state index in [1.54, 1.807) is 37.3 Å². The van der Waals surface area contributed by atoms with Crippen LogP contribution in [0.5, 0.6) is 5.75 Å². The highest BCUT2D eigenvalue weighted by atomic mass is 79.9. The third-order valence-electron chi connectivity index (χ3n) is 5.01. The summed E-state index contributed by atoms with van der Waals surface area (Å²) in [7, 11) is -3.84. The molecule has 26 heavy (non-hydrogen) atoms. The third-order valence-corrected chi connectivity index (χ3v) is 7.64. The third kappa shape index (κ3) is 2.74. The average molecular weight is 436 g/mol. The summed E-state index contributed by atoms with van der Waals surface area (Å²) in [6.45, 7) is 3.67. The zero-order chi connectivity index (χ0) is 18.7. The Bertz CT molecular complexity index is 1000. The number of hydrogen-bond acceptors (Lipinski definition) is 4. The van der Waals surface area contributed by atoms with Gasteiger partial charge in [-0.3, -0.25) is 4.79 Å². The van der Waals surface area contributed by atoms with Crippen LogP contribution in [0.15, 0.2) is 51.8 Å². The summed E-state index contributed by atoms with van der Waals surface area (Å²) in [5.74, 6) is -0.382. The smallest absolute Gasteiger partial charge is 0.242 e. The van der Waals surface area contributed by atoms with E-state index in [0.717, 1.165) is 15.6 Å². The summed E-state index contributed by atoms with van der Waals surface area (Å²) >= 11 is 3.43. The molecule has 7 heteroatoms. The monoisotopic (exact) mass is 435 g/mol. The molecule has 0 spiro atoms. The fourth-order valence-corrected chi connectivity index (χ4v) is 6.01. The average Bonchev–Trinajstić information content (AvgIpc) is 2.55. The van der Waals surface area contributed by atoms with E-state index >= 15 is 0 Å². The fraction of sp³-hybridized carbons (Fsp3) is 0.316. The summed E-state index contributed by atoms with van der Waals surface area (Å²) in [4.78, 5) is 13.0. The first-order valence-electron chi connectivity index (χ1n) is 8.31. The molecule has 4 rings (SSSR count). The van der Waals surface area contributed by atoms with Crippen molar-refractivity contribution in [1.29, 1.82) is 0 Å². The van der Waals surface area contributed by atoms with Gasteiger partial charge in [0, 0.05) is 22.4 Å². The van der Waals surface area contributed by atoms with Gasteiger partial charge in [0.05, 0.1) is 4.90 Å².